The van der Waals surface area contributed by atoms with Gasteiger partial charge < -0.3 is 0 Å². The van der Waals surface area contributed by atoms with Crippen LogP contribution in [0.5, 0.6) is 0 Å². The van der Waals surface area contributed by atoms with Crippen molar-refractivity contribution >= 4 is 0 Å². The van der Waals surface area contributed by atoms with Gasteiger partial charge in [0.15, 0.2) is 0 Å². The Balaban J connectivity index is 3.29. The van der Waals surface area contributed by atoms with Gasteiger partial charge in [-0.2, -0.15) is 0 Å². The molecule has 0 saturated heterocycles. The first-order valence-corrected chi connectivity index (χ1v) is 9.35. The molecule has 0 heteroatoms. The van der Waals surface area contributed by atoms with Gasteiger partial charge in [0.05, 0.1) is 0 Å². The van der Waals surface area contributed by atoms with Crippen molar-refractivity contribution in [2.24, 2.45) is 5.92 Å². The van der Waals surface area contributed by atoms with Crippen molar-refractivity contribution in [3.63, 3.8) is 0 Å². The number of rotatable bonds is 15. The zero-order chi connectivity index (χ0) is 14.2. The van der Waals surface area contributed by atoms with E-state index < -0.39 is 0 Å². The molecule has 0 nitrogen and oxygen atoms in total. The van der Waals surface area contributed by atoms with Crippen LogP contribution in [0.3, 0.4) is 0 Å². The van der Waals surface area contributed by atoms with Gasteiger partial charge in [0.25, 0.3) is 0 Å². The average Bonchev–Trinajstić information content (AvgIpc) is 2.42. The molecule has 0 heterocycles. The highest BCUT2D eigenvalue weighted by molar-refractivity contribution is 4.59. The van der Waals surface area contributed by atoms with E-state index in [0.29, 0.717) is 0 Å². The van der Waals surface area contributed by atoms with Crippen LogP contribution in [-0.4, -0.2) is 0 Å². The van der Waals surface area contributed by atoms with Gasteiger partial charge in [0.1, 0.15) is 0 Å². The largest absolute Gasteiger partial charge is 0.0654 e. The van der Waals surface area contributed by atoms with Crippen LogP contribution in [0.1, 0.15) is 117 Å². The van der Waals surface area contributed by atoms with Gasteiger partial charge in [-0.15, -0.1) is 0 Å². The minimum atomic E-state index is 1.04. The first-order chi connectivity index (χ1) is 9.35. The molecule has 0 radical (unpaired) electrons. The number of hydrogen-bond donors (Lipinski definition) is 0. The van der Waals surface area contributed by atoms with Crippen molar-refractivity contribution in [2.45, 2.75) is 117 Å². The first-order valence-electron chi connectivity index (χ1n) is 9.35. The molecule has 116 valence electrons. The Morgan fingerprint density at radius 3 is 1.42 bits per heavy atom. The van der Waals surface area contributed by atoms with Gasteiger partial charge in [0, 0.05) is 0 Å². The van der Waals surface area contributed by atoms with Gasteiger partial charge in [-0.05, 0) is 5.92 Å². The van der Waals surface area contributed by atoms with E-state index in [0.717, 1.165) is 5.92 Å². The Labute approximate surface area is 123 Å². The maximum absolute atomic E-state index is 2.34. The quantitative estimate of drug-likeness (QED) is 0.269. The maximum atomic E-state index is 2.34. The standard InChI is InChI=1S/C19H40/c1-4-7-9-10-11-12-13-14-15-18-19(16-6-3)17-8-5-2/h19H,4-18H2,1-3H3. The number of hydrogen-bond acceptors (Lipinski definition) is 0. The van der Waals surface area contributed by atoms with Gasteiger partial charge in [-0.25, -0.2) is 0 Å². The smallest absolute Gasteiger partial charge is 0.0414 e. The summed E-state index contributed by atoms with van der Waals surface area (Å²) in [5, 5.41) is 0. The topological polar surface area (TPSA) is 0 Å². The lowest BCUT2D eigenvalue weighted by Crippen LogP contribution is -2.00. The molecular formula is C19H40. The van der Waals surface area contributed by atoms with Crippen LogP contribution in [0.2, 0.25) is 0 Å². The molecule has 0 aromatic heterocycles. The zero-order valence-corrected chi connectivity index (χ0v) is 14.2. The second-order valence-corrected chi connectivity index (χ2v) is 6.41. The molecule has 1 unspecified atom stereocenters. The van der Waals surface area contributed by atoms with E-state index in [-0.39, 0.29) is 0 Å². The lowest BCUT2D eigenvalue weighted by Gasteiger charge is -2.15. The van der Waals surface area contributed by atoms with Crippen molar-refractivity contribution in [2.75, 3.05) is 0 Å². The van der Waals surface area contributed by atoms with Crippen molar-refractivity contribution in [3.05, 3.63) is 0 Å². The second-order valence-electron chi connectivity index (χ2n) is 6.41. The minimum absolute atomic E-state index is 1.04. The van der Waals surface area contributed by atoms with E-state index in [2.05, 4.69) is 20.8 Å². The molecule has 0 N–H and O–H groups in total. The fourth-order valence-electron chi connectivity index (χ4n) is 3.08. The maximum Gasteiger partial charge on any atom is -0.0414 e. The van der Waals surface area contributed by atoms with Crippen molar-refractivity contribution in [1.82, 2.24) is 0 Å². The Kier molecular flexibility index (Phi) is 16.1. The molecule has 0 aromatic carbocycles. The van der Waals surface area contributed by atoms with E-state index in [1.807, 2.05) is 0 Å². The van der Waals surface area contributed by atoms with Crippen molar-refractivity contribution < 1.29 is 0 Å². The lowest BCUT2D eigenvalue weighted by molar-refractivity contribution is 0.383. The summed E-state index contributed by atoms with van der Waals surface area (Å²) in [6.07, 6.45) is 21.8. The summed E-state index contributed by atoms with van der Waals surface area (Å²) in [4.78, 5) is 0. The molecule has 0 amide bonds. The molecule has 0 saturated carbocycles. The third-order valence-electron chi connectivity index (χ3n) is 4.38. The Hall–Kier alpha value is 0. The van der Waals surface area contributed by atoms with Crippen LogP contribution in [0, 0.1) is 5.92 Å². The van der Waals surface area contributed by atoms with E-state index in [4.69, 9.17) is 0 Å². The lowest BCUT2D eigenvalue weighted by atomic mass is 9.91. The summed E-state index contributed by atoms with van der Waals surface area (Å²) in [6, 6.07) is 0. The van der Waals surface area contributed by atoms with E-state index in [9.17, 15) is 0 Å². The predicted octanol–water partition coefficient (Wildman–Crippen LogP) is 7.51. The highest BCUT2D eigenvalue weighted by Crippen LogP contribution is 2.22. The summed E-state index contributed by atoms with van der Waals surface area (Å²) in [5.74, 6) is 1.04. The third kappa shape index (κ3) is 14.2. The average molecular weight is 269 g/mol. The van der Waals surface area contributed by atoms with Crippen LogP contribution < -0.4 is 0 Å². The normalized spacial score (nSPS) is 12.8. The van der Waals surface area contributed by atoms with Gasteiger partial charge in [-0.3, -0.25) is 0 Å². The summed E-state index contributed by atoms with van der Waals surface area (Å²) in [7, 11) is 0. The molecule has 0 bridgehead atoms. The molecule has 0 rings (SSSR count). The summed E-state index contributed by atoms with van der Waals surface area (Å²) >= 11 is 0. The van der Waals surface area contributed by atoms with Gasteiger partial charge >= 0.3 is 0 Å². The molecule has 0 aliphatic rings. The summed E-state index contributed by atoms with van der Waals surface area (Å²) < 4.78 is 0. The van der Waals surface area contributed by atoms with Crippen LogP contribution >= 0.6 is 0 Å². The predicted molar refractivity (Wildman–Crippen MR) is 89.8 cm³/mol. The monoisotopic (exact) mass is 268 g/mol. The van der Waals surface area contributed by atoms with E-state index in [1.165, 1.54) is 96.3 Å². The molecule has 0 aliphatic carbocycles. The van der Waals surface area contributed by atoms with Crippen LogP contribution in [0.25, 0.3) is 0 Å². The molecular weight excluding hydrogens is 228 g/mol. The van der Waals surface area contributed by atoms with Crippen LogP contribution in [0.15, 0.2) is 0 Å². The van der Waals surface area contributed by atoms with E-state index in [1.54, 1.807) is 0 Å². The number of unbranched alkanes of at least 4 members (excludes halogenated alkanes) is 9. The van der Waals surface area contributed by atoms with Gasteiger partial charge in [0.2, 0.25) is 0 Å². The third-order valence-corrected chi connectivity index (χ3v) is 4.38. The SMILES string of the molecule is CCCCCCCCCCCC(CCC)CCCC. The Morgan fingerprint density at radius 2 is 0.895 bits per heavy atom. The van der Waals surface area contributed by atoms with Crippen LogP contribution in [0.4, 0.5) is 0 Å². The molecule has 0 spiro atoms. The van der Waals surface area contributed by atoms with Crippen LogP contribution in [-0.2, 0) is 0 Å². The fourth-order valence-corrected chi connectivity index (χ4v) is 3.08. The van der Waals surface area contributed by atoms with Crippen molar-refractivity contribution in [3.8, 4) is 0 Å². The molecule has 0 aromatic rings. The molecule has 0 fully saturated rings. The highest BCUT2D eigenvalue weighted by atomic mass is 14.1. The first kappa shape index (κ1) is 19.0. The Bertz CT molecular complexity index is 150. The second kappa shape index (κ2) is 16.1. The summed E-state index contributed by atoms with van der Waals surface area (Å²) in [6.45, 7) is 6.96. The molecule has 19 heavy (non-hydrogen) atoms. The zero-order valence-electron chi connectivity index (χ0n) is 14.2. The highest BCUT2D eigenvalue weighted by Gasteiger charge is 2.06. The summed E-state index contributed by atoms with van der Waals surface area (Å²) in [5.41, 5.74) is 0. The van der Waals surface area contributed by atoms with E-state index >= 15 is 0 Å². The minimum Gasteiger partial charge on any atom is -0.0654 e. The molecule has 1 atom stereocenters. The van der Waals surface area contributed by atoms with Gasteiger partial charge in [-0.1, -0.05) is 117 Å². The molecule has 0 aliphatic heterocycles. The van der Waals surface area contributed by atoms with Crippen molar-refractivity contribution in [1.29, 1.82) is 0 Å². The Morgan fingerprint density at radius 1 is 0.421 bits per heavy atom. The fraction of sp³-hybridized carbons (Fsp3) is 1.00.